The number of carboxylic acids is 1. The quantitative estimate of drug-likeness (QED) is 0.656. The van der Waals surface area contributed by atoms with Gasteiger partial charge in [0, 0.05) is 5.02 Å². The van der Waals surface area contributed by atoms with Gasteiger partial charge in [0.15, 0.2) is 0 Å². The summed E-state index contributed by atoms with van der Waals surface area (Å²) in [5.74, 6) is -1.23. The molecule has 0 fully saturated rings. The fourth-order valence-corrected chi connectivity index (χ4v) is 3.01. The molecule has 0 bridgehead atoms. The van der Waals surface area contributed by atoms with Gasteiger partial charge in [-0.1, -0.05) is 35.9 Å². The molecule has 28 heavy (non-hydrogen) atoms. The summed E-state index contributed by atoms with van der Waals surface area (Å²) < 4.78 is 1.66. The van der Waals surface area contributed by atoms with E-state index >= 15 is 0 Å². The SMILES string of the molecule is Cc1cc(C(=O)NC(C)c2ccc(C(=O)O)cc2)n(Cc2ccc(Cl)cc2)n1. The molecular weight excluding hydrogens is 378 g/mol. The van der Waals surface area contributed by atoms with Gasteiger partial charge in [0.05, 0.1) is 23.8 Å². The Hall–Kier alpha value is -3.12. The Balaban J connectivity index is 1.75. The molecule has 2 N–H and O–H groups in total. The van der Waals surface area contributed by atoms with Crippen molar-refractivity contribution in [2.45, 2.75) is 26.4 Å². The second-order valence-corrected chi connectivity index (χ2v) is 7.01. The molecule has 1 unspecified atom stereocenters. The highest BCUT2D eigenvalue weighted by molar-refractivity contribution is 6.30. The number of halogens is 1. The van der Waals surface area contributed by atoms with E-state index < -0.39 is 5.97 Å². The van der Waals surface area contributed by atoms with Crippen molar-refractivity contribution in [3.63, 3.8) is 0 Å². The number of rotatable bonds is 6. The number of hydrogen-bond acceptors (Lipinski definition) is 3. The predicted molar refractivity (Wildman–Crippen MR) is 107 cm³/mol. The molecule has 3 rings (SSSR count). The van der Waals surface area contributed by atoms with Crippen molar-refractivity contribution in [1.29, 1.82) is 0 Å². The zero-order valence-electron chi connectivity index (χ0n) is 15.5. The molecule has 1 heterocycles. The van der Waals surface area contributed by atoms with Gasteiger partial charge in [-0.05, 0) is 55.3 Å². The molecule has 7 heteroatoms. The van der Waals surface area contributed by atoms with Gasteiger partial charge in [0.2, 0.25) is 0 Å². The maximum Gasteiger partial charge on any atom is 0.335 e. The van der Waals surface area contributed by atoms with E-state index in [0.29, 0.717) is 17.3 Å². The number of benzene rings is 2. The molecule has 0 aliphatic rings. The van der Waals surface area contributed by atoms with Crippen LogP contribution in [0.4, 0.5) is 0 Å². The normalized spacial score (nSPS) is 11.8. The van der Waals surface area contributed by atoms with Crippen LogP contribution in [0.5, 0.6) is 0 Å². The summed E-state index contributed by atoms with van der Waals surface area (Å²) in [4.78, 5) is 23.8. The van der Waals surface area contributed by atoms with Gasteiger partial charge in [-0.15, -0.1) is 0 Å². The van der Waals surface area contributed by atoms with E-state index in [1.807, 2.05) is 26.0 Å². The Labute approximate surface area is 167 Å². The standard InChI is InChI=1S/C21H20ClN3O3/c1-13-11-19(25(24-13)12-15-3-9-18(22)10-4-15)20(26)23-14(2)16-5-7-17(8-6-16)21(27)28/h3-11,14H,12H2,1-2H3,(H,23,26)(H,27,28). The number of carbonyl (C=O) groups is 2. The molecule has 1 aromatic heterocycles. The Morgan fingerprint density at radius 1 is 1.14 bits per heavy atom. The molecular formula is C21H20ClN3O3. The van der Waals surface area contributed by atoms with Gasteiger partial charge in [0.25, 0.3) is 5.91 Å². The van der Waals surface area contributed by atoms with Gasteiger partial charge in [0.1, 0.15) is 5.69 Å². The minimum atomic E-state index is -0.982. The summed E-state index contributed by atoms with van der Waals surface area (Å²) in [6.45, 7) is 4.14. The highest BCUT2D eigenvalue weighted by Gasteiger charge is 2.17. The molecule has 144 valence electrons. The van der Waals surface area contributed by atoms with Crippen LogP contribution in [0.15, 0.2) is 54.6 Å². The first-order valence-electron chi connectivity index (χ1n) is 8.76. The lowest BCUT2D eigenvalue weighted by Gasteiger charge is -2.15. The van der Waals surface area contributed by atoms with E-state index in [9.17, 15) is 9.59 Å². The van der Waals surface area contributed by atoms with E-state index in [4.69, 9.17) is 16.7 Å². The van der Waals surface area contributed by atoms with Gasteiger partial charge in [-0.3, -0.25) is 9.48 Å². The lowest BCUT2D eigenvalue weighted by Crippen LogP contribution is -2.29. The van der Waals surface area contributed by atoms with Crippen LogP contribution < -0.4 is 5.32 Å². The summed E-state index contributed by atoms with van der Waals surface area (Å²) in [6.07, 6.45) is 0. The molecule has 0 saturated carbocycles. The number of aryl methyl sites for hydroxylation is 1. The highest BCUT2D eigenvalue weighted by atomic mass is 35.5. The van der Waals surface area contributed by atoms with Crippen LogP contribution in [0, 0.1) is 6.92 Å². The van der Waals surface area contributed by atoms with Crippen LogP contribution >= 0.6 is 11.6 Å². The van der Waals surface area contributed by atoms with E-state index in [0.717, 1.165) is 16.8 Å². The molecule has 1 amide bonds. The van der Waals surface area contributed by atoms with Crippen molar-refractivity contribution >= 4 is 23.5 Å². The second-order valence-electron chi connectivity index (χ2n) is 6.58. The van der Waals surface area contributed by atoms with Crippen LogP contribution in [-0.4, -0.2) is 26.8 Å². The molecule has 0 radical (unpaired) electrons. The summed E-state index contributed by atoms with van der Waals surface area (Å²) in [6, 6.07) is 15.3. The zero-order chi connectivity index (χ0) is 20.3. The predicted octanol–water partition coefficient (Wildman–Crippen LogP) is 4.08. The number of hydrogen-bond donors (Lipinski definition) is 2. The van der Waals surface area contributed by atoms with E-state index in [-0.39, 0.29) is 17.5 Å². The molecule has 0 aliphatic heterocycles. The van der Waals surface area contributed by atoms with Gasteiger partial charge in [-0.25, -0.2) is 4.79 Å². The Kier molecular flexibility index (Phi) is 5.80. The summed E-state index contributed by atoms with van der Waals surface area (Å²) >= 11 is 5.92. The fourth-order valence-electron chi connectivity index (χ4n) is 2.88. The van der Waals surface area contributed by atoms with Crippen molar-refractivity contribution < 1.29 is 14.7 Å². The molecule has 0 aliphatic carbocycles. The first-order chi connectivity index (χ1) is 13.3. The number of carboxylic acid groups (broad SMARTS) is 1. The fraction of sp³-hybridized carbons (Fsp3) is 0.190. The zero-order valence-corrected chi connectivity index (χ0v) is 16.3. The molecule has 3 aromatic rings. The topological polar surface area (TPSA) is 84.2 Å². The average molecular weight is 398 g/mol. The number of carbonyl (C=O) groups excluding carboxylic acids is 1. The average Bonchev–Trinajstić information content (AvgIpc) is 3.04. The third-order valence-electron chi connectivity index (χ3n) is 4.39. The lowest BCUT2D eigenvalue weighted by atomic mass is 10.1. The number of nitrogens with one attached hydrogen (secondary N) is 1. The maximum atomic E-state index is 12.8. The first kappa shape index (κ1) is 19.6. The van der Waals surface area contributed by atoms with Crippen molar-refractivity contribution in [3.8, 4) is 0 Å². The molecule has 6 nitrogen and oxygen atoms in total. The van der Waals surface area contributed by atoms with E-state index in [2.05, 4.69) is 10.4 Å². The molecule has 1 atom stereocenters. The first-order valence-corrected chi connectivity index (χ1v) is 9.14. The van der Waals surface area contributed by atoms with Crippen molar-refractivity contribution in [2.75, 3.05) is 0 Å². The van der Waals surface area contributed by atoms with Crippen LogP contribution in [0.1, 0.15) is 50.6 Å². The van der Waals surface area contributed by atoms with E-state index in [1.54, 1.807) is 35.0 Å². The molecule has 0 spiro atoms. The van der Waals surface area contributed by atoms with Crippen molar-refractivity contribution in [1.82, 2.24) is 15.1 Å². The van der Waals surface area contributed by atoms with Gasteiger partial charge >= 0.3 is 5.97 Å². The Bertz CT molecular complexity index is 995. The highest BCUT2D eigenvalue weighted by Crippen LogP contribution is 2.16. The maximum absolute atomic E-state index is 12.8. The summed E-state index contributed by atoms with van der Waals surface area (Å²) in [5.41, 5.74) is 3.22. The Morgan fingerprint density at radius 3 is 2.39 bits per heavy atom. The van der Waals surface area contributed by atoms with Gasteiger partial charge < -0.3 is 10.4 Å². The molecule has 2 aromatic carbocycles. The second kappa shape index (κ2) is 8.27. The number of aromatic nitrogens is 2. The summed E-state index contributed by atoms with van der Waals surface area (Å²) in [5, 5.41) is 17.0. The monoisotopic (exact) mass is 397 g/mol. The van der Waals surface area contributed by atoms with Crippen molar-refractivity contribution in [3.05, 3.63) is 87.7 Å². The third-order valence-corrected chi connectivity index (χ3v) is 4.64. The smallest absolute Gasteiger partial charge is 0.335 e. The minimum Gasteiger partial charge on any atom is -0.478 e. The van der Waals surface area contributed by atoms with Crippen LogP contribution in [0.2, 0.25) is 5.02 Å². The number of aromatic carboxylic acids is 1. The Morgan fingerprint density at radius 2 is 1.79 bits per heavy atom. The number of amides is 1. The number of nitrogens with zero attached hydrogens (tertiary/aromatic N) is 2. The van der Waals surface area contributed by atoms with Crippen molar-refractivity contribution in [2.24, 2.45) is 0 Å². The largest absolute Gasteiger partial charge is 0.478 e. The van der Waals surface area contributed by atoms with E-state index in [1.165, 1.54) is 12.1 Å². The molecule has 0 saturated heterocycles. The van der Waals surface area contributed by atoms with Gasteiger partial charge in [-0.2, -0.15) is 5.10 Å². The van der Waals surface area contributed by atoms with Crippen LogP contribution in [-0.2, 0) is 6.54 Å². The minimum absolute atomic E-state index is 0.207. The lowest BCUT2D eigenvalue weighted by molar-refractivity contribution is 0.0696. The van der Waals surface area contributed by atoms with Crippen LogP contribution in [0.25, 0.3) is 0 Å². The third kappa shape index (κ3) is 4.58. The van der Waals surface area contributed by atoms with Crippen LogP contribution in [0.3, 0.4) is 0 Å². The summed E-state index contributed by atoms with van der Waals surface area (Å²) in [7, 11) is 0.